The number of ether oxygens (including phenoxy) is 1. The number of carbonyl (C=O) groups is 1. The fourth-order valence-corrected chi connectivity index (χ4v) is 2.81. The molecule has 2 aromatic rings. The van der Waals surface area contributed by atoms with Crippen molar-refractivity contribution in [2.75, 3.05) is 19.7 Å². The van der Waals surface area contributed by atoms with E-state index in [1.165, 1.54) is 12.8 Å². The van der Waals surface area contributed by atoms with Gasteiger partial charge < -0.3 is 14.8 Å². The van der Waals surface area contributed by atoms with Crippen LogP contribution in [0.25, 0.3) is 11.3 Å². The summed E-state index contributed by atoms with van der Waals surface area (Å²) in [5.74, 6) is 1.46. The molecule has 0 unspecified atom stereocenters. The number of aldehydes is 1. The van der Waals surface area contributed by atoms with Crippen molar-refractivity contribution in [3.05, 3.63) is 48.2 Å². The van der Waals surface area contributed by atoms with Crippen LogP contribution in [-0.2, 0) is 11.2 Å². The molecule has 0 amide bonds. The first kappa shape index (κ1) is 18.4. The van der Waals surface area contributed by atoms with Crippen LogP contribution in [-0.4, -0.2) is 31.0 Å². The number of pyridine rings is 1. The molecule has 128 valence electrons. The molecule has 1 fully saturated rings. The van der Waals surface area contributed by atoms with E-state index < -0.39 is 0 Å². The van der Waals surface area contributed by atoms with Crippen LogP contribution in [0.4, 0.5) is 0 Å². The van der Waals surface area contributed by atoms with Gasteiger partial charge in [0.15, 0.2) is 0 Å². The van der Waals surface area contributed by atoms with E-state index in [1.807, 2.05) is 36.4 Å². The maximum absolute atomic E-state index is 10.5. The normalized spacial score (nSPS) is 14.7. The third-order valence-electron chi connectivity index (χ3n) is 4.25. The summed E-state index contributed by atoms with van der Waals surface area (Å²) < 4.78 is 5.86. The molecular weight excluding hydrogens is 324 g/mol. The van der Waals surface area contributed by atoms with Gasteiger partial charge in [0, 0.05) is 12.0 Å². The van der Waals surface area contributed by atoms with Crippen LogP contribution in [0.5, 0.6) is 5.75 Å². The minimum atomic E-state index is 0. The van der Waals surface area contributed by atoms with Crippen LogP contribution < -0.4 is 10.1 Å². The highest BCUT2D eigenvalue weighted by Crippen LogP contribution is 2.21. The number of nitrogens with one attached hydrogen (secondary N) is 1. The minimum Gasteiger partial charge on any atom is -0.492 e. The van der Waals surface area contributed by atoms with Crippen molar-refractivity contribution in [3.8, 4) is 17.0 Å². The summed E-state index contributed by atoms with van der Waals surface area (Å²) >= 11 is 0. The Labute approximate surface area is 149 Å². The maximum Gasteiger partial charge on any atom is 0.137 e. The van der Waals surface area contributed by atoms with Gasteiger partial charge in [-0.25, -0.2) is 0 Å². The molecule has 1 aliphatic heterocycles. The zero-order valence-corrected chi connectivity index (χ0v) is 14.4. The Bertz CT molecular complexity index is 623. The standard InChI is InChI=1S/C19H22N2O2.ClH/c22-12-9-15-1-3-17(4-2-15)19-6-5-18(13-21-19)23-14-16-7-10-20-11-8-16;/h1-6,12-13,16,20H,7-11,14H2;1H. The van der Waals surface area contributed by atoms with Gasteiger partial charge in [0.05, 0.1) is 18.5 Å². The third-order valence-corrected chi connectivity index (χ3v) is 4.25. The summed E-state index contributed by atoms with van der Waals surface area (Å²) in [6, 6.07) is 11.9. The second kappa shape index (κ2) is 9.40. The SMILES string of the molecule is Cl.O=CCc1ccc(-c2ccc(OCC3CCNCC3)cn2)cc1. The van der Waals surface area contributed by atoms with E-state index in [0.717, 1.165) is 48.6 Å². The Hall–Kier alpha value is -1.91. The lowest BCUT2D eigenvalue weighted by Gasteiger charge is -2.22. The highest BCUT2D eigenvalue weighted by atomic mass is 35.5. The third kappa shape index (κ3) is 5.05. The van der Waals surface area contributed by atoms with Crippen LogP contribution >= 0.6 is 12.4 Å². The molecule has 1 saturated heterocycles. The molecule has 0 saturated carbocycles. The summed E-state index contributed by atoms with van der Waals surface area (Å²) in [7, 11) is 0. The van der Waals surface area contributed by atoms with Crippen molar-refractivity contribution in [3.63, 3.8) is 0 Å². The van der Waals surface area contributed by atoms with Gasteiger partial charge in [-0.15, -0.1) is 12.4 Å². The average Bonchev–Trinajstić information content (AvgIpc) is 2.62. The van der Waals surface area contributed by atoms with Gasteiger partial charge in [-0.1, -0.05) is 24.3 Å². The van der Waals surface area contributed by atoms with E-state index in [-0.39, 0.29) is 12.4 Å². The average molecular weight is 347 g/mol. The molecule has 1 N–H and O–H groups in total. The lowest BCUT2D eigenvalue weighted by Crippen LogP contribution is -2.30. The number of hydrogen-bond donors (Lipinski definition) is 1. The quantitative estimate of drug-likeness (QED) is 0.815. The first-order chi connectivity index (χ1) is 11.3. The Morgan fingerprint density at radius 2 is 1.88 bits per heavy atom. The summed E-state index contributed by atoms with van der Waals surface area (Å²) in [4.78, 5) is 15.0. The molecule has 5 heteroatoms. The predicted molar refractivity (Wildman–Crippen MR) is 97.8 cm³/mol. The van der Waals surface area contributed by atoms with Crippen molar-refractivity contribution in [1.82, 2.24) is 10.3 Å². The predicted octanol–water partition coefficient (Wildman–Crippen LogP) is 3.29. The molecule has 1 aliphatic rings. The Kier molecular flexibility index (Phi) is 7.22. The molecule has 1 aromatic carbocycles. The fourth-order valence-electron chi connectivity index (χ4n) is 2.81. The van der Waals surface area contributed by atoms with Gasteiger partial charge in [0.1, 0.15) is 12.0 Å². The number of benzene rings is 1. The molecule has 4 nitrogen and oxygen atoms in total. The van der Waals surface area contributed by atoms with Gasteiger partial charge in [0.25, 0.3) is 0 Å². The minimum absolute atomic E-state index is 0. The van der Waals surface area contributed by atoms with Crippen molar-refractivity contribution in [2.24, 2.45) is 5.92 Å². The number of hydrogen-bond acceptors (Lipinski definition) is 4. The van der Waals surface area contributed by atoms with Crippen LogP contribution in [0, 0.1) is 5.92 Å². The van der Waals surface area contributed by atoms with E-state index in [4.69, 9.17) is 4.74 Å². The van der Waals surface area contributed by atoms with Crippen LogP contribution in [0.1, 0.15) is 18.4 Å². The number of carbonyl (C=O) groups excluding carboxylic acids is 1. The van der Waals surface area contributed by atoms with Gasteiger partial charge >= 0.3 is 0 Å². The van der Waals surface area contributed by atoms with E-state index in [0.29, 0.717) is 12.3 Å². The highest BCUT2D eigenvalue weighted by molar-refractivity contribution is 5.85. The zero-order valence-electron chi connectivity index (χ0n) is 13.6. The Morgan fingerprint density at radius 1 is 1.12 bits per heavy atom. The van der Waals surface area contributed by atoms with E-state index in [2.05, 4.69) is 10.3 Å². The first-order valence-electron chi connectivity index (χ1n) is 8.17. The number of rotatable bonds is 6. The summed E-state index contributed by atoms with van der Waals surface area (Å²) in [5, 5.41) is 3.36. The van der Waals surface area contributed by atoms with Gasteiger partial charge in [-0.3, -0.25) is 4.98 Å². The van der Waals surface area contributed by atoms with Crippen LogP contribution in [0.2, 0.25) is 0 Å². The molecule has 2 heterocycles. The lowest BCUT2D eigenvalue weighted by atomic mass is 9.99. The van der Waals surface area contributed by atoms with Crippen LogP contribution in [0.15, 0.2) is 42.6 Å². The first-order valence-corrected chi connectivity index (χ1v) is 8.17. The second-order valence-electron chi connectivity index (χ2n) is 5.95. The topological polar surface area (TPSA) is 51.2 Å². The lowest BCUT2D eigenvalue weighted by molar-refractivity contribution is -0.107. The van der Waals surface area contributed by atoms with E-state index in [1.54, 1.807) is 6.20 Å². The monoisotopic (exact) mass is 346 g/mol. The molecule has 0 aliphatic carbocycles. The fraction of sp³-hybridized carbons (Fsp3) is 0.368. The van der Waals surface area contributed by atoms with E-state index >= 15 is 0 Å². The molecule has 1 aromatic heterocycles. The number of halogens is 1. The number of nitrogens with zero attached hydrogens (tertiary/aromatic N) is 1. The largest absolute Gasteiger partial charge is 0.492 e. The van der Waals surface area contributed by atoms with Crippen molar-refractivity contribution in [2.45, 2.75) is 19.3 Å². The second-order valence-corrected chi connectivity index (χ2v) is 5.95. The molecule has 0 radical (unpaired) electrons. The molecular formula is C19H23ClN2O2. The number of piperidine rings is 1. The summed E-state index contributed by atoms with van der Waals surface area (Å²) in [6.07, 6.45) is 5.52. The van der Waals surface area contributed by atoms with Gasteiger partial charge in [-0.2, -0.15) is 0 Å². The van der Waals surface area contributed by atoms with Crippen LogP contribution in [0.3, 0.4) is 0 Å². The van der Waals surface area contributed by atoms with E-state index in [9.17, 15) is 4.79 Å². The molecule has 24 heavy (non-hydrogen) atoms. The molecule has 0 spiro atoms. The van der Waals surface area contributed by atoms with Gasteiger partial charge in [-0.05, 0) is 49.5 Å². The maximum atomic E-state index is 10.5. The summed E-state index contributed by atoms with van der Waals surface area (Å²) in [6.45, 7) is 2.94. The molecule has 3 rings (SSSR count). The Morgan fingerprint density at radius 3 is 2.50 bits per heavy atom. The Balaban J connectivity index is 0.00000208. The van der Waals surface area contributed by atoms with Crippen molar-refractivity contribution >= 4 is 18.7 Å². The number of aromatic nitrogens is 1. The molecule has 0 bridgehead atoms. The zero-order chi connectivity index (χ0) is 15.9. The highest BCUT2D eigenvalue weighted by Gasteiger charge is 2.13. The smallest absolute Gasteiger partial charge is 0.137 e. The summed E-state index contributed by atoms with van der Waals surface area (Å²) in [5.41, 5.74) is 2.98. The molecule has 0 atom stereocenters. The van der Waals surface area contributed by atoms with Crippen molar-refractivity contribution < 1.29 is 9.53 Å². The van der Waals surface area contributed by atoms with Gasteiger partial charge in [0.2, 0.25) is 0 Å². The van der Waals surface area contributed by atoms with Crippen molar-refractivity contribution in [1.29, 1.82) is 0 Å².